The summed E-state index contributed by atoms with van der Waals surface area (Å²) in [5.41, 5.74) is 0. The van der Waals surface area contributed by atoms with Gasteiger partial charge in [-0.15, -0.1) is 11.8 Å². The van der Waals surface area contributed by atoms with Gasteiger partial charge in [0.15, 0.2) is 0 Å². The number of nitrogens with zero attached hydrogens (tertiary/aromatic N) is 2. The van der Waals surface area contributed by atoms with Gasteiger partial charge >= 0.3 is 5.97 Å². The van der Waals surface area contributed by atoms with Crippen LogP contribution in [0.1, 0.15) is 32.1 Å². The van der Waals surface area contributed by atoms with E-state index in [0.717, 1.165) is 19.3 Å². The van der Waals surface area contributed by atoms with Crippen LogP contribution in [0.2, 0.25) is 0 Å². The lowest BCUT2D eigenvalue weighted by molar-refractivity contribution is -0.139. The molecule has 2 aliphatic heterocycles. The van der Waals surface area contributed by atoms with Gasteiger partial charge in [-0.2, -0.15) is 0 Å². The molecule has 0 spiro atoms. The van der Waals surface area contributed by atoms with E-state index in [0.29, 0.717) is 45.0 Å². The quantitative estimate of drug-likeness (QED) is 0.725. The summed E-state index contributed by atoms with van der Waals surface area (Å²) in [5, 5.41) is 8.84. The monoisotopic (exact) mass is 358 g/mol. The zero-order valence-corrected chi connectivity index (χ0v) is 14.8. The average molecular weight is 358 g/mol. The SMILES string of the molecule is O=C(O)CCC1CCCCN1C(=O)CSCC(=O)N1CCOCC1. The fraction of sp³-hybridized carbons (Fsp3) is 0.812. The number of hydrogen-bond donors (Lipinski definition) is 1. The lowest BCUT2D eigenvalue weighted by Gasteiger charge is -2.35. The molecule has 0 aromatic rings. The fourth-order valence-electron chi connectivity index (χ4n) is 3.13. The van der Waals surface area contributed by atoms with Crippen LogP contribution in [-0.2, 0) is 19.1 Å². The molecule has 136 valence electrons. The van der Waals surface area contributed by atoms with Crippen molar-refractivity contribution in [3.05, 3.63) is 0 Å². The molecule has 7 nitrogen and oxygen atoms in total. The number of ether oxygens (including phenoxy) is 1. The zero-order valence-electron chi connectivity index (χ0n) is 13.9. The highest BCUT2D eigenvalue weighted by molar-refractivity contribution is 8.00. The van der Waals surface area contributed by atoms with Crippen molar-refractivity contribution in [3.63, 3.8) is 0 Å². The molecule has 2 rings (SSSR count). The molecule has 1 atom stereocenters. The van der Waals surface area contributed by atoms with Crippen molar-refractivity contribution in [2.75, 3.05) is 44.4 Å². The average Bonchev–Trinajstić information content (AvgIpc) is 2.60. The molecular weight excluding hydrogens is 332 g/mol. The second-order valence-electron chi connectivity index (χ2n) is 6.16. The van der Waals surface area contributed by atoms with Crippen LogP contribution < -0.4 is 0 Å². The van der Waals surface area contributed by atoms with Crippen LogP contribution >= 0.6 is 11.8 Å². The molecule has 2 fully saturated rings. The van der Waals surface area contributed by atoms with E-state index in [4.69, 9.17) is 9.84 Å². The Bertz CT molecular complexity index is 454. The van der Waals surface area contributed by atoms with Gasteiger partial charge in [-0.3, -0.25) is 14.4 Å². The molecule has 24 heavy (non-hydrogen) atoms. The van der Waals surface area contributed by atoms with Gasteiger partial charge in [-0.05, 0) is 25.7 Å². The van der Waals surface area contributed by atoms with Crippen LogP contribution in [0.15, 0.2) is 0 Å². The number of carboxylic acids is 1. The summed E-state index contributed by atoms with van der Waals surface area (Å²) < 4.78 is 5.22. The lowest BCUT2D eigenvalue weighted by atomic mass is 9.98. The number of likely N-dealkylation sites (tertiary alicyclic amines) is 1. The van der Waals surface area contributed by atoms with Crippen molar-refractivity contribution in [1.29, 1.82) is 0 Å². The number of piperidine rings is 1. The largest absolute Gasteiger partial charge is 0.481 e. The molecule has 1 N–H and O–H groups in total. The molecule has 0 aliphatic carbocycles. The Morgan fingerprint density at radius 2 is 1.75 bits per heavy atom. The topological polar surface area (TPSA) is 87.2 Å². The van der Waals surface area contributed by atoms with E-state index in [1.54, 1.807) is 4.90 Å². The highest BCUT2D eigenvalue weighted by Crippen LogP contribution is 2.22. The third-order valence-electron chi connectivity index (χ3n) is 4.45. The van der Waals surface area contributed by atoms with Crippen molar-refractivity contribution < 1.29 is 24.2 Å². The van der Waals surface area contributed by atoms with Gasteiger partial charge in [0.05, 0.1) is 24.7 Å². The molecule has 2 aliphatic rings. The number of rotatable bonds is 7. The van der Waals surface area contributed by atoms with Crippen molar-refractivity contribution in [2.24, 2.45) is 0 Å². The van der Waals surface area contributed by atoms with Crippen LogP contribution in [0.25, 0.3) is 0 Å². The summed E-state index contributed by atoms with van der Waals surface area (Å²) in [7, 11) is 0. The van der Waals surface area contributed by atoms with Crippen molar-refractivity contribution in [3.8, 4) is 0 Å². The summed E-state index contributed by atoms with van der Waals surface area (Å²) in [5.74, 6) is -0.167. The van der Waals surface area contributed by atoms with Crippen molar-refractivity contribution in [2.45, 2.75) is 38.1 Å². The Hall–Kier alpha value is -1.28. The number of carbonyl (C=O) groups is 3. The number of carboxylic acid groups (broad SMARTS) is 1. The summed E-state index contributed by atoms with van der Waals surface area (Å²) in [6.07, 6.45) is 3.48. The zero-order chi connectivity index (χ0) is 17.4. The summed E-state index contributed by atoms with van der Waals surface area (Å²) in [4.78, 5) is 38.8. The molecule has 0 saturated carbocycles. The maximum absolute atomic E-state index is 12.4. The van der Waals surface area contributed by atoms with Gasteiger partial charge in [-0.25, -0.2) is 0 Å². The first-order valence-electron chi connectivity index (χ1n) is 8.52. The smallest absolute Gasteiger partial charge is 0.303 e. The molecule has 2 heterocycles. The molecule has 0 bridgehead atoms. The molecule has 1 unspecified atom stereocenters. The van der Waals surface area contributed by atoms with E-state index < -0.39 is 5.97 Å². The van der Waals surface area contributed by atoms with E-state index in [1.807, 2.05) is 4.90 Å². The molecule has 8 heteroatoms. The highest BCUT2D eigenvalue weighted by atomic mass is 32.2. The molecule has 0 aromatic heterocycles. The number of carbonyl (C=O) groups excluding carboxylic acids is 2. The van der Waals surface area contributed by atoms with Gasteiger partial charge in [0.1, 0.15) is 0 Å². The number of amides is 2. The van der Waals surface area contributed by atoms with Crippen molar-refractivity contribution >= 4 is 29.5 Å². The minimum Gasteiger partial charge on any atom is -0.481 e. The van der Waals surface area contributed by atoms with E-state index >= 15 is 0 Å². The van der Waals surface area contributed by atoms with Crippen molar-refractivity contribution in [1.82, 2.24) is 9.80 Å². The maximum Gasteiger partial charge on any atom is 0.303 e. The standard InChI is InChI=1S/C16H26N2O5S/c19-14(17-7-9-23-10-8-17)11-24-12-15(20)18-6-2-1-3-13(18)4-5-16(21)22/h13H,1-12H2,(H,21,22). The van der Waals surface area contributed by atoms with Crippen LogP contribution in [-0.4, -0.2) is 83.1 Å². The van der Waals surface area contributed by atoms with Gasteiger partial charge in [0.2, 0.25) is 11.8 Å². The molecule has 0 aromatic carbocycles. The number of aliphatic carboxylic acids is 1. The molecular formula is C16H26N2O5S. The second-order valence-corrected chi connectivity index (χ2v) is 7.14. The minimum absolute atomic E-state index is 0.0184. The first kappa shape index (κ1) is 19.1. The predicted molar refractivity (Wildman–Crippen MR) is 90.9 cm³/mol. The van der Waals surface area contributed by atoms with E-state index in [9.17, 15) is 14.4 Å². The van der Waals surface area contributed by atoms with E-state index in [1.165, 1.54) is 11.8 Å². The minimum atomic E-state index is -0.821. The fourth-order valence-corrected chi connectivity index (χ4v) is 3.93. The van der Waals surface area contributed by atoms with Crippen LogP contribution in [0, 0.1) is 0 Å². The molecule has 2 amide bonds. The second kappa shape index (κ2) is 9.88. The van der Waals surface area contributed by atoms with Gasteiger partial charge in [0.25, 0.3) is 0 Å². The van der Waals surface area contributed by atoms with Crippen LogP contribution in [0.5, 0.6) is 0 Å². The van der Waals surface area contributed by atoms with Crippen LogP contribution in [0.3, 0.4) is 0 Å². The van der Waals surface area contributed by atoms with E-state index in [-0.39, 0.29) is 30.0 Å². The first-order valence-corrected chi connectivity index (χ1v) is 9.68. The normalized spacial score (nSPS) is 21.6. The Labute approximate surface area is 146 Å². The Kier molecular flexibility index (Phi) is 7.84. The maximum atomic E-state index is 12.4. The number of hydrogen-bond acceptors (Lipinski definition) is 5. The molecule has 2 saturated heterocycles. The third-order valence-corrected chi connectivity index (χ3v) is 5.36. The van der Waals surface area contributed by atoms with Crippen LogP contribution in [0.4, 0.5) is 0 Å². The lowest BCUT2D eigenvalue weighted by Crippen LogP contribution is -2.45. The van der Waals surface area contributed by atoms with Gasteiger partial charge in [0, 0.05) is 32.1 Å². The third kappa shape index (κ3) is 5.98. The van der Waals surface area contributed by atoms with Gasteiger partial charge < -0.3 is 19.6 Å². The Balaban J connectivity index is 1.73. The van der Waals surface area contributed by atoms with E-state index in [2.05, 4.69) is 0 Å². The first-order chi connectivity index (χ1) is 11.6. The summed E-state index contributed by atoms with van der Waals surface area (Å²) in [6, 6.07) is 0.0258. The molecule has 0 radical (unpaired) electrons. The number of thioether (sulfide) groups is 1. The summed E-state index contributed by atoms with van der Waals surface area (Å²) in [6.45, 7) is 3.09. The Morgan fingerprint density at radius 3 is 2.46 bits per heavy atom. The highest BCUT2D eigenvalue weighted by Gasteiger charge is 2.27. The summed E-state index contributed by atoms with van der Waals surface area (Å²) >= 11 is 1.34. The Morgan fingerprint density at radius 1 is 1.04 bits per heavy atom. The van der Waals surface area contributed by atoms with Gasteiger partial charge in [-0.1, -0.05) is 0 Å². The predicted octanol–water partition coefficient (Wildman–Crippen LogP) is 0.824. The number of morpholine rings is 1.